The number of piperazine rings is 1. The minimum absolute atomic E-state index is 0.0614. The van der Waals surface area contributed by atoms with Crippen molar-refractivity contribution in [2.24, 2.45) is 0 Å². The van der Waals surface area contributed by atoms with E-state index in [1.165, 1.54) is 18.3 Å². The summed E-state index contributed by atoms with van der Waals surface area (Å²) in [4.78, 5) is 24.5. The molecule has 126 valence electrons. The molecule has 1 saturated heterocycles. The van der Waals surface area contributed by atoms with Gasteiger partial charge in [0, 0.05) is 37.9 Å². The molecule has 3 rings (SSSR count). The van der Waals surface area contributed by atoms with Gasteiger partial charge in [-0.25, -0.2) is 19.2 Å². The van der Waals surface area contributed by atoms with Crippen molar-refractivity contribution in [2.45, 2.75) is 6.92 Å². The summed E-state index contributed by atoms with van der Waals surface area (Å²) in [6, 6.07) is 4.24. The third-order valence-corrected chi connectivity index (χ3v) is 4.24. The molecule has 6 nitrogen and oxygen atoms in total. The van der Waals surface area contributed by atoms with E-state index in [1.807, 2.05) is 11.9 Å². The highest BCUT2D eigenvalue weighted by molar-refractivity contribution is 5.94. The number of aromatic nitrogens is 2. The Bertz CT molecular complexity index is 773. The zero-order valence-corrected chi connectivity index (χ0v) is 13.7. The van der Waals surface area contributed by atoms with Crippen molar-refractivity contribution < 1.29 is 14.3 Å². The third-order valence-electron chi connectivity index (χ3n) is 4.24. The Morgan fingerprint density at radius 2 is 1.92 bits per heavy atom. The summed E-state index contributed by atoms with van der Waals surface area (Å²) in [5.41, 5.74) is 1.61. The van der Waals surface area contributed by atoms with Crippen molar-refractivity contribution in [3.8, 4) is 11.1 Å². The van der Waals surface area contributed by atoms with E-state index in [9.17, 15) is 14.3 Å². The van der Waals surface area contributed by atoms with Gasteiger partial charge in [0.1, 0.15) is 5.82 Å². The van der Waals surface area contributed by atoms with Gasteiger partial charge in [-0.3, -0.25) is 0 Å². The number of aromatic carboxylic acids is 1. The fourth-order valence-electron chi connectivity index (χ4n) is 2.82. The summed E-state index contributed by atoms with van der Waals surface area (Å²) >= 11 is 0. The molecular weight excluding hydrogens is 311 g/mol. The van der Waals surface area contributed by atoms with Crippen molar-refractivity contribution in [3.05, 3.63) is 41.5 Å². The number of halogens is 1. The summed E-state index contributed by atoms with van der Waals surface area (Å²) in [6.07, 6.45) is 1.52. The van der Waals surface area contributed by atoms with E-state index in [2.05, 4.69) is 14.9 Å². The van der Waals surface area contributed by atoms with Crippen LogP contribution in [0.3, 0.4) is 0 Å². The van der Waals surface area contributed by atoms with Gasteiger partial charge in [0.05, 0.1) is 0 Å². The predicted octanol–water partition coefficient (Wildman–Crippen LogP) is 2.04. The van der Waals surface area contributed by atoms with Crippen molar-refractivity contribution in [1.29, 1.82) is 0 Å². The maximum absolute atomic E-state index is 13.3. The molecule has 0 spiro atoms. The first kappa shape index (κ1) is 16.3. The van der Waals surface area contributed by atoms with E-state index in [0.717, 1.165) is 26.2 Å². The Labute approximate surface area is 139 Å². The molecule has 2 aromatic rings. The maximum Gasteiger partial charge on any atom is 0.355 e. The molecule has 0 amide bonds. The summed E-state index contributed by atoms with van der Waals surface area (Å²) in [5, 5.41) is 9.55. The average molecular weight is 330 g/mol. The van der Waals surface area contributed by atoms with E-state index < -0.39 is 5.97 Å². The van der Waals surface area contributed by atoms with Crippen LogP contribution in [0.2, 0.25) is 0 Å². The average Bonchev–Trinajstić information content (AvgIpc) is 2.55. The highest BCUT2D eigenvalue weighted by Gasteiger charge is 2.21. The van der Waals surface area contributed by atoms with Crippen molar-refractivity contribution in [3.63, 3.8) is 0 Å². The Morgan fingerprint density at radius 1 is 1.21 bits per heavy atom. The van der Waals surface area contributed by atoms with Crippen LogP contribution in [0.25, 0.3) is 11.1 Å². The van der Waals surface area contributed by atoms with Crippen LogP contribution in [0.4, 0.5) is 10.3 Å². The van der Waals surface area contributed by atoms with Gasteiger partial charge in [-0.2, -0.15) is 0 Å². The zero-order chi connectivity index (χ0) is 17.3. The lowest BCUT2D eigenvalue weighted by molar-refractivity contribution is 0.0691. The molecule has 1 aromatic carbocycles. The number of aryl methyl sites for hydroxylation is 1. The molecular formula is C17H19FN4O2. The van der Waals surface area contributed by atoms with Gasteiger partial charge in [0.15, 0.2) is 5.69 Å². The molecule has 1 N–H and O–H groups in total. The highest BCUT2D eigenvalue weighted by Crippen LogP contribution is 2.27. The van der Waals surface area contributed by atoms with E-state index in [1.54, 1.807) is 13.0 Å². The number of carbonyl (C=O) groups is 1. The summed E-state index contributed by atoms with van der Waals surface area (Å²) in [5.74, 6) is -1.06. The number of benzene rings is 1. The number of rotatable bonds is 3. The van der Waals surface area contributed by atoms with Crippen molar-refractivity contribution >= 4 is 11.9 Å². The molecule has 0 bridgehead atoms. The molecule has 2 heterocycles. The fraction of sp³-hybridized carbons (Fsp3) is 0.353. The normalized spacial score (nSPS) is 15.5. The molecule has 7 heteroatoms. The van der Waals surface area contributed by atoms with Crippen molar-refractivity contribution in [2.75, 3.05) is 38.1 Å². The molecule has 1 aromatic heterocycles. The first-order valence-electron chi connectivity index (χ1n) is 7.76. The number of anilines is 1. The first-order chi connectivity index (χ1) is 11.5. The van der Waals surface area contributed by atoms with Gasteiger partial charge in [0.2, 0.25) is 5.95 Å². The summed E-state index contributed by atoms with van der Waals surface area (Å²) in [6.45, 7) is 5.00. The van der Waals surface area contributed by atoms with Crippen LogP contribution < -0.4 is 4.90 Å². The van der Waals surface area contributed by atoms with Crippen LogP contribution >= 0.6 is 0 Å². The SMILES string of the molecule is Cc1cc(F)ccc1-c1cnc(N2CCN(C)CC2)nc1C(=O)O. The Balaban J connectivity index is 2.00. The summed E-state index contributed by atoms with van der Waals surface area (Å²) < 4.78 is 13.3. The van der Waals surface area contributed by atoms with Crippen LogP contribution in [0.15, 0.2) is 24.4 Å². The van der Waals surface area contributed by atoms with Crippen molar-refractivity contribution in [1.82, 2.24) is 14.9 Å². The van der Waals surface area contributed by atoms with Gasteiger partial charge in [-0.1, -0.05) is 6.07 Å². The number of hydrogen-bond acceptors (Lipinski definition) is 5. The number of carboxylic acid groups (broad SMARTS) is 1. The topological polar surface area (TPSA) is 69.6 Å². The Hall–Kier alpha value is -2.54. The highest BCUT2D eigenvalue weighted by atomic mass is 19.1. The van der Waals surface area contributed by atoms with Gasteiger partial charge in [-0.05, 0) is 37.2 Å². The largest absolute Gasteiger partial charge is 0.476 e. The molecule has 24 heavy (non-hydrogen) atoms. The number of likely N-dealkylation sites (N-methyl/N-ethyl adjacent to an activating group) is 1. The summed E-state index contributed by atoms with van der Waals surface area (Å²) in [7, 11) is 2.04. The zero-order valence-electron chi connectivity index (χ0n) is 13.7. The van der Waals surface area contributed by atoms with Gasteiger partial charge in [0.25, 0.3) is 0 Å². The predicted molar refractivity (Wildman–Crippen MR) is 88.8 cm³/mol. The molecule has 1 fully saturated rings. The van der Waals surface area contributed by atoms with E-state index in [4.69, 9.17) is 0 Å². The molecule has 0 aliphatic carbocycles. The van der Waals surface area contributed by atoms with Crippen LogP contribution in [0.1, 0.15) is 16.1 Å². The molecule has 1 aliphatic rings. The standard InChI is InChI=1S/C17H19FN4O2/c1-11-9-12(18)3-4-13(11)14-10-19-17(20-15(14)16(23)24)22-7-5-21(2)6-8-22/h3-4,9-10H,5-8H2,1-2H3,(H,23,24). The Kier molecular flexibility index (Phi) is 4.44. The maximum atomic E-state index is 13.3. The molecule has 0 unspecified atom stereocenters. The Morgan fingerprint density at radius 3 is 2.54 bits per heavy atom. The molecule has 1 aliphatic heterocycles. The second-order valence-corrected chi connectivity index (χ2v) is 5.99. The lowest BCUT2D eigenvalue weighted by atomic mass is 10.0. The first-order valence-corrected chi connectivity index (χ1v) is 7.76. The molecule has 0 saturated carbocycles. The quantitative estimate of drug-likeness (QED) is 0.929. The van der Waals surface area contributed by atoms with Crippen LogP contribution in [0, 0.1) is 12.7 Å². The van der Waals surface area contributed by atoms with Gasteiger partial charge >= 0.3 is 5.97 Å². The minimum Gasteiger partial charge on any atom is -0.476 e. The minimum atomic E-state index is -1.12. The number of carboxylic acids is 1. The smallest absolute Gasteiger partial charge is 0.355 e. The second-order valence-electron chi connectivity index (χ2n) is 5.99. The van der Waals surface area contributed by atoms with Crippen LogP contribution in [-0.4, -0.2) is 59.2 Å². The van der Waals surface area contributed by atoms with E-state index in [-0.39, 0.29) is 11.5 Å². The lowest BCUT2D eigenvalue weighted by Crippen LogP contribution is -2.45. The number of hydrogen-bond donors (Lipinski definition) is 1. The van der Waals surface area contributed by atoms with Gasteiger partial charge < -0.3 is 14.9 Å². The third kappa shape index (κ3) is 3.21. The van der Waals surface area contributed by atoms with Gasteiger partial charge in [-0.15, -0.1) is 0 Å². The molecule has 0 radical (unpaired) electrons. The van der Waals surface area contributed by atoms with E-state index >= 15 is 0 Å². The molecule has 0 atom stereocenters. The lowest BCUT2D eigenvalue weighted by Gasteiger charge is -2.32. The van der Waals surface area contributed by atoms with E-state index in [0.29, 0.717) is 22.6 Å². The van der Waals surface area contributed by atoms with Crippen LogP contribution in [-0.2, 0) is 0 Å². The number of nitrogens with zero attached hydrogens (tertiary/aromatic N) is 4. The van der Waals surface area contributed by atoms with Crippen LogP contribution in [0.5, 0.6) is 0 Å². The fourth-order valence-corrected chi connectivity index (χ4v) is 2.82. The monoisotopic (exact) mass is 330 g/mol. The second kappa shape index (κ2) is 6.52.